The first-order chi connectivity index (χ1) is 8.48. The van der Waals surface area contributed by atoms with E-state index in [1.807, 2.05) is 0 Å². The lowest BCUT2D eigenvalue weighted by molar-refractivity contribution is -0.123. The van der Waals surface area contributed by atoms with Crippen molar-refractivity contribution in [2.45, 2.75) is 59.1 Å². The molecule has 18 heavy (non-hydrogen) atoms. The molecular weight excluding hydrogens is 226 g/mol. The van der Waals surface area contributed by atoms with Gasteiger partial charge in [0.25, 0.3) is 0 Å². The molecule has 0 spiro atoms. The predicted octanol–water partition coefficient (Wildman–Crippen LogP) is 2.84. The average molecular weight is 257 g/mol. The highest BCUT2D eigenvalue weighted by Crippen LogP contribution is 2.42. The highest BCUT2D eigenvalue weighted by atomic mass is 16.5. The van der Waals surface area contributed by atoms with E-state index >= 15 is 0 Å². The summed E-state index contributed by atoms with van der Waals surface area (Å²) in [5, 5.41) is 3.65. The number of methoxy groups -OCH3 is 1. The summed E-state index contributed by atoms with van der Waals surface area (Å²) >= 11 is 0. The van der Waals surface area contributed by atoms with Crippen LogP contribution in [-0.4, -0.2) is 39.0 Å². The van der Waals surface area contributed by atoms with E-state index in [1.165, 1.54) is 6.42 Å². The normalized spacial score (nSPS) is 26.3. The second kappa shape index (κ2) is 7.46. The fourth-order valence-corrected chi connectivity index (χ4v) is 2.47. The van der Waals surface area contributed by atoms with Crippen molar-refractivity contribution < 1.29 is 9.47 Å². The topological polar surface area (TPSA) is 30.5 Å². The molecule has 1 saturated carbocycles. The monoisotopic (exact) mass is 257 g/mol. The molecule has 0 aromatic rings. The predicted molar refractivity (Wildman–Crippen MR) is 75.9 cm³/mol. The number of hydrogen-bond donors (Lipinski definition) is 1. The second-order valence-electron chi connectivity index (χ2n) is 6.48. The summed E-state index contributed by atoms with van der Waals surface area (Å²) in [6.07, 6.45) is 3.92. The highest BCUT2D eigenvalue weighted by molar-refractivity contribution is 5.02. The SMILES string of the molecule is COCCCCNC1CC(OCC(C)C)C1(C)C. The van der Waals surface area contributed by atoms with E-state index in [2.05, 4.69) is 33.0 Å². The van der Waals surface area contributed by atoms with E-state index in [0.717, 1.165) is 32.6 Å². The Balaban J connectivity index is 2.14. The molecule has 3 heteroatoms. The summed E-state index contributed by atoms with van der Waals surface area (Å²) in [7, 11) is 1.76. The van der Waals surface area contributed by atoms with Gasteiger partial charge in [0.1, 0.15) is 0 Å². The van der Waals surface area contributed by atoms with Gasteiger partial charge in [-0.3, -0.25) is 0 Å². The van der Waals surface area contributed by atoms with Crippen LogP contribution < -0.4 is 5.32 Å². The molecule has 1 rings (SSSR count). The molecule has 2 atom stereocenters. The van der Waals surface area contributed by atoms with Crippen LogP contribution in [-0.2, 0) is 9.47 Å². The highest BCUT2D eigenvalue weighted by Gasteiger charge is 2.48. The van der Waals surface area contributed by atoms with Crippen LogP contribution in [0.5, 0.6) is 0 Å². The Labute approximate surface area is 113 Å². The number of ether oxygens (including phenoxy) is 2. The van der Waals surface area contributed by atoms with Gasteiger partial charge in [0.2, 0.25) is 0 Å². The minimum absolute atomic E-state index is 0.274. The third-order valence-electron chi connectivity index (χ3n) is 3.97. The average Bonchev–Trinajstić information content (AvgIpc) is 2.30. The lowest BCUT2D eigenvalue weighted by Gasteiger charge is -2.52. The van der Waals surface area contributed by atoms with Crippen molar-refractivity contribution in [1.29, 1.82) is 0 Å². The summed E-state index contributed by atoms with van der Waals surface area (Å²) in [5.41, 5.74) is 0.274. The van der Waals surface area contributed by atoms with Crippen LogP contribution in [0.4, 0.5) is 0 Å². The van der Waals surface area contributed by atoms with Crippen LogP contribution in [0.3, 0.4) is 0 Å². The number of rotatable bonds is 9. The van der Waals surface area contributed by atoms with Gasteiger partial charge in [0.05, 0.1) is 6.10 Å². The Hall–Kier alpha value is -0.120. The first-order valence-electron chi connectivity index (χ1n) is 7.32. The molecule has 0 saturated heterocycles. The summed E-state index contributed by atoms with van der Waals surface area (Å²) < 4.78 is 11.0. The number of unbranched alkanes of at least 4 members (excludes halogenated alkanes) is 1. The minimum atomic E-state index is 0.274. The number of hydrogen-bond acceptors (Lipinski definition) is 3. The van der Waals surface area contributed by atoms with Crippen LogP contribution in [0.15, 0.2) is 0 Å². The molecule has 1 fully saturated rings. The van der Waals surface area contributed by atoms with Crippen molar-refractivity contribution >= 4 is 0 Å². The van der Waals surface area contributed by atoms with Gasteiger partial charge in [-0.25, -0.2) is 0 Å². The first-order valence-corrected chi connectivity index (χ1v) is 7.32. The zero-order chi connectivity index (χ0) is 13.6. The van der Waals surface area contributed by atoms with Gasteiger partial charge >= 0.3 is 0 Å². The van der Waals surface area contributed by atoms with E-state index in [1.54, 1.807) is 7.11 Å². The van der Waals surface area contributed by atoms with Crippen LogP contribution in [0.2, 0.25) is 0 Å². The molecule has 3 nitrogen and oxygen atoms in total. The molecule has 1 N–H and O–H groups in total. The van der Waals surface area contributed by atoms with E-state index in [0.29, 0.717) is 18.1 Å². The molecule has 0 bridgehead atoms. The van der Waals surface area contributed by atoms with E-state index in [9.17, 15) is 0 Å². The molecule has 108 valence electrons. The first kappa shape index (κ1) is 15.9. The van der Waals surface area contributed by atoms with Gasteiger partial charge in [-0.05, 0) is 31.7 Å². The molecule has 0 aromatic heterocycles. The Morgan fingerprint density at radius 2 is 2.00 bits per heavy atom. The zero-order valence-electron chi connectivity index (χ0n) is 12.8. The Kier molecular flexibility index (Phi) is 6.61. The zero-order valence-corrected chi connectivity index (χ0v) is 12.8. The van der Waals surface area contributed by atoms with Crippen molar-refractivity contribution in [3.05, 3.63) is 0 Å². The molecule has 1 aliphatic carbocycles. The quantitative estimate of drug-likeness (QED) is 0.644. The number of nitrogens with one attached hydrogen (secondary N) is 1. The third kappa shape index (κ3) is 4.52. The van der Waals surface area contributed by atoms with Gasteiger partial charge in [0, 0.05) is 31.8 Å². The van der Waals surface area contributed by atoms with Gasteiger partial charge < -0.3 is 14.8 Å². The Morgan fingerprint density at radius 1 is 1.28 bits per heavy atom. The van der Waals surface area contributed by atoms with Crippen LogP contribution in [0.1, 0.15) is 47.0 Å². The lowest BCUT2D eigenvalue weighted by Crippen LogP contribution is -2.61. The van der Waals surface area contributed by atoms with Crippen molar-refractivity contribution in [2.24, 2.45) is 11.3 Å². The van der Waals surface area contributed by atoms with Crippen molar-refractivity contribution in [3.8, 4) is 0 Å². The molecule has 0 aromatic carbocycles. The van der Waals surface area contributed by atoms with Crippen LogP contribution in [0, 0.1) is 11.3 Å². The standard InChI is InChI=1S/C15H31NO2/c1-12(2)11-18-14-10-13(15(14,3)4)16-8-6-7-9-17-5/h12-14,16H,6-11H2,1-5H3. The molecule has 0 amide bonds. The lowest BCUT2D eigenvalue weighted by atomic mass is 9.64. The van der Waals surface area contributed by atoms with E-state index in [-0.39, 0.29) is 5.41 Å². The molecule has 0 radical (unpaired) electrons. The maximum atomic E-state index is 5.97. The van der Waals surface area contributed by atoms with Gasteiger partial charge in [-0.15, -0.1) is 0 Å². The summed E-state index contributed by atoms with van der Waals surface area (Å²) in [6.45, 7) is 11.9. The summed E-state index contributed by atoms with van der Waals surface area (Å²) in [5.74, 6) is 0.627. The Morgan fingerprint density at radius 3 is 2.56 bits per heavy atom. The van der Waals surface area contributed by atoms with E-state index < -0.39 is 0 Å². The van der Waals surface area contributed by atoms with Crippen LogP contribution >= 0.6 is 0 Å². The van der Waals surface area contributed by atoms with E-state index in [4.69, 9.17) is 9.47 Å². The largest absolute Gasteiger partial charge is 0.385 e. The molecule has 0 heterocycles. The Bertz CT molecular complexity index is 229. The maximum absolute atomic E-state index is 5.97. The molecule has 2 unspecified atom stereocenters. The summed E-state index contributed by atoms with van der Waals surface area (Å²) in [6, 6.07) is 0.609. The third-order valence-corrected chi connectivity index (χ3v) is 3.97. The fraction of sp³-hybridized carbons (Fsp3) is 1.00. The molecule has 0 aliphatic heterocycles. The maximum Gasteiger partial charge on any atom is 0.0656 e. The van der Waals surface area contributed by atoms with Gasteiger partial charge in [-0.2, -0.15) is 0 Å². The van der Waals surface area contributed by atoms with Gasteiger partial charge in [-0.1, -0.05) is 27.7 Å². The summed E-state index contributed by atoms with van der Waals surface area (Å²) in [4.78, 5) is 0. The second-order valence-corrected chi connectivity index (χ2v) is 6.48. The van der Waals surface area contributed by atoms with Crippen molar-refractivity contribution in [1.82, 2.24) is 5.32 Å². The van der Waals surface area contributed by atoms with Crippen LogP contribution in [0.25, 0.3) is 0 Å². The van der Waals surface area contributed by atoms with Gasteiger partial charge in [0.15, 0.2) is 0 Å². The molecular formula is C15H31NO2. The van der Waals surface area contributed by atoms with Crippen molar-refractivity contribution in [3.63, 3.8) is 0 Å². The fourth-order valence-electron chi connectivity index (χ4n) is 2.47. The van der Waals surface area contributed by atoms with Crippen molar-refractivity contribution in [2.75, 3.05) is 26.9 Å². The minimum Gasteiger partial charge on any atom is -0.385 e. The molecule has 1 aliphatic rings. The smallest absolute Gasteiger partial charge is 0.0656 e.